The van der Waals surface area contributed by atoms with Gasteiger partial charge in [-0.3, -0.25) is 5.41 Å². The van der Waals surface area contributed by atoms with Crippen LogP contribution in [-0.4, -0.2) is 34.7 Å². The van der Waals surface area contributed by atoms with Crippen molar-refractivity contribution in [1.82, 2.24) is 0 Å². The molecule has 0 bridgehead atoms. The van der Waals surface area contributed by atoms with Crippen LogP contribution in [0.15, 0.2) is 24.3 Å². The fraction of sp³-hybridized carbons (Fsp3) is 0.125. The van der Waals surface area contributed by atoms with Gasteiger partial charge >= 0.3 is 29.6 Å². The standard InChI is InChI=1S/C8H11N3S.Na.H/c9-5-6-2-1-3-7(4-6)11-8(10)12;;/h1-4H,5,9H2,(H3,10,11,12);;. The summed E-state index contributed by atoms with van der Waals surface area (Å²) < 4.78 is 0. The molecule has 66 valence electrons. The Bertz CT molecular complexity index is 290. The van der Waals surface area contributed by atoms with E-state index >= 15 is 0 Å². The summed E-state index contributed by atoms with van der Waals surface area (Å²) in [6, 6.07) is 7.59. The van der Waals surface area contributed by atoms with E-state index < -0.39 is 0 Å². The van der Waals surface area contributed by atoms with Gasteiger partial charge in [-0.15, -0.1) is 12.6 Å². The third-order valence-electron chi connectivity index (χ3n) is 1.43. The molecular weight excluding hydrogens is 193 g/mol. The second-order valence-corrected chi connectivity index (χ2v) is 2.83. The molecule has 0 heterocycles. The fourth-order valence-electron chi connectivity index (χ4n) is 0.913. The van der Waals surface area contributed by atoms with Gasteiger partial charge in [0, 0.05) is 12.2 Å². The number of nitrogens with two attached hydrogens (primary N) is 1. The van der Waals surface area contributed by atoms with Crippen LogP contribution in [0.3, 0.4) is 0 Å². The zero-order valence-corrected chi connectivity index (χ0v) is 7.44. The number of nitrogens with one attached hydrogen (secondary N) is 2. The van der Waals surface area contributed by atoms with Crippen molar-refractivity contribution in [2.24, 2.45) is 5.73 Å². The summed E-state index contributed by atoms with van der Waals surface area (Å²) in [5, 5.41) is 9.98. The van der Waals surface area contributed by atoms with E-state index in [-0.39, 0.29) is 34.7 Å². The molecule has 3 nitrogen and oxygen atoms in total. The Morgan fingerprint density at radius 2 is 2.23 bits per heavy atom. The van der Waals surface area contributed by atoms with Gasteiger partial charge in [0.1, 0.15) is 0 Å². The van der Waals surface area contributed by atoms with Gasteiger partial charge in [-0.05, 0) is 17.7 Å². The molecule has 0 radical (unpaired) electrons. The van der Waals surface area contributed by atoms with Crippen LogP contribution in [0.25, 0.3) is 0 Å². The Morgan fingerprint density at radius 3 is 2.77 bits per heavy atom. The van der Waals surface area contributed by atoms with Gasteiger partial charge in [0.15, 0.2) is 5.17 Å². The first-order chi connectivity index (χ1) is 5.72. The van der Waals surface area contributed by atoms with Crippen molar-refractivity contribution < 1.29 is 0 Å². The van der Waals surface area contributed by atoms with Gasteiger partial charge in [0.25, 0.3) is 0 Å². The number of amidine groups is 1. The quantitative estimate of drug-likeness (QED) is 0.249. The van der Waals surface area contributed by atoms with Crippen molar-refractivity contribution in [3.63, 3.8) is 0 Å². The molecule has 0 aliphatic rings. The monoisotopic (exact) mass is 205 g/mol. The predicted molar refractivity (Wildman–Crippen MR) is 61.8 cm³/mol. The van der Waals surface area contributed by atoms with E-state index in [0.717, 1.165) is 11.3 Å². The maximum atomic E-state index is 7.08. The second kappa shape index (κ2) is 6.45. The summed E-state index contributed by atoms with van der Waals surface area (Å²) in [7, 11) is 0. The second-order valence-electron chi connectivity index (χ2n) is 2.38. The van der Waals surface area contributed by atoms with E-state index in [0.29, 0.717) is 6.54 Å². The predicted octanol–water partition coefficient (Wildman–Crippen LogP) is 0.773. The summed E-state index contributed by atoms with van der Waals surface area (Å²) in [6.45, 7) is 0.509. The number of anilines is 1. The molecule has 0 aromatic heterocycles. The van der Waals surface area contributed by atoms with E-state index in [4.69, 9.17) is 11.1 Å². The van der Waals surface area contributed by atoms with Gasteiger partial charge in [0.2, 0.25) is 0 Å². The first-order valence-corrected chi connectivity index (χ1v) is 4.00. The first-order valence-electron chi connectivity index (χ1n) is 3.56. The van der Waals surface area contributed by atoms with Gasteiger partial charge in [0.05, 0.1) is 0 Å². The van der Waals surface area contributed by atoms with Crippen LogP contribution in [0.1, 0.15) is 5.56 Å². The van der Waals surface area contributed by atoms with Gasteiger partial charge in [-0.2, -0.15) is 0 Å². The molecule has 0 amide bonds. The Hall–Kier alpha value is 0. The Labute approximate surface area is 105 Å². The third-order valence-corrected chi connectivity index (χ3v) is 1.54. The van der Waals surface area contributed by atoms with Crippen molar-refractivity contribution in [2.45, 2.75) is 6.54 Å². The summed E-state index contributed by atoms with van der Waals surface area (Å²) in [6.07, 6.45) is 0. The van der Waals surface area contributed by atoms with E-state index in [1.807, 2.05) is 24.3 Å². The topological polar surface area (TPSA) is 61.9 Å². The van der Waals surface area contributed by atoms with Crippen molar-refractivity contribution in [1.29, 1.82) is 5.41 Å². The van der Waals surface area contributed by atoms with Crippen LogP contribution >= 0.6 is 12.6 Å². The van der Waals surface area contributed by atoms with E-state index in [1.54, 1.807) is 0 Å². The molecule has 4 N–H and O–H groups in total. The SMILES string of the molecule is N=C(S)Nc1cccc(CN)c1.[NaH]. The van der Waals surface area contributed by atoms with Crippen molar-refractivity contribution in [3.05, 3.63) is 29.8 Å². The minimum atomic E-state index is 0. The van der Waals surface area contributed by atoms with E-state index in [2.05, 4.69) is 17.9 Å². The summed E-state index contributed by atoms with van der Waals surface area (Å²) in [5.41, 5.74) is 7.33. The van der Waals surface area contributed by atoms with Crippen LogP contribution in [0.5, 0.6) is 0 Å². The summed E-state index contributed by atoms with van der Waals surface area (Å²) in [4.78, 5) is 0. The van der Waals surface area contributed by atoms with Gasteiger partial charge in [-0.1, -0.05) is 12.1 Å². The molecule has 0 aliphatic heterocycles. The third kappa shape index (κ3) is 4.69. The number of hydrogen-bond donors (Lipinski definition) is 4. The molecule has 0 spiro atoms. The van der Waals surface area contributed by atoms with Gasteiger partial charge in [-0.25, -0.2) is 0 Å². The molecule has 0 fully saturated rings. The molecule has 0 atom stereocenters. The number of thiol groups is 1. The first kappa shape index (κ1) is 13.0. The summed E-state index contributed by atoms with van der Waals surface area (Å²) in [5.74, 6) is 0. The van der Waals surface area contributed by atoms with Crippen molar-refractivity contribution >= 4 is 53.0 Å². The number of rotatable bonds is 2. The molecule has 1 aromatic carbocycles. The maximum absolute atomic E-state index is 7.08. The molecule has 1 rings (SSSR count). The van der Waals surface area contributed by atoms with Crippen molar-refractivity contribution in [3.8, 4) is 0 Å². The Kier molecular flexibility index (Phi) is 6.45. The van der Waals surface area contributed by atoms with Crippen LogP contribution < -0.4 is 11.1 Å². The average Bonchev–Trinajstić information content (AvgIpc) is 2.03. The molecule has 0 saturated carbocycles. The zero-order valence-electron chi connectivity index (χ0n) is 6.54. The van der Waals surface area contributed by atoms with Crippen LogP contribution in [0.2, 0.25) is 0 Å². The normalized spacial score (nSPS) is 8.77. The van der Waals surface area contributed by atoms with Crippen LogP contribution in [0.4, 0.5) is 5.69 Å². The van der Waals surface area contributed by atoms with Crippen molar-refractivity contribution in [2.75, 3.05) is 5.32 Å². The molecule has 13 heavy (non-hydrogen) atoms. The number of benzene rings is 1. The van der Waals surface area contributed by atoms with E-state index in [9.17, 15) is 0 Å². The summed E-state index contributed by atoms with van der Waals surface area (Å²) >= 11 is 3.81. The molecule has 0 unspecified atom stereocenters. The Morgan fingerprint density at radius 1 is 1.54 bits per heavy atom. The zero-order chi connectivity index (χ0) is 8.97. The molecule has 0 saturated heterocycles. The van der Waals surface area contributed by atoms with Crippen LogP contribution in [0, 0.1) is 5.41 Å². The van der Waals surface area contributed by atoms with Crippen LogP contribution in [-0.2, 0) is 6.54 Å². The van der Waals surface area contributed by atoms with Gasteiger partial charge < -0.3 is 11.1 Å². The van der Waals surface area contributed by atoms with E-state index in [1.165, 1.54) is 0 Å². The molecule has 5 heteroatoms. The average molecular weight is 205 g/mol. The molecular formula is C8H12N3NaS. The molecule has 0 aliphatic carbocycles. The minimum absolute atomic E-state index is 0. The number of hydrogen-bond acceptors (Lipinski definition) is 2. The Balaban J connectivity index is 0.00000144. The molecule has 1 aromatic rings. The fourth-order valence-corrected chi connectivity index (χ4v) is 1.04.